The van der Waals surface area contributed by atoms with Gasteiger partial charge in [-0.1, -0.05) is 61.6 Å². The SMILES string of the molecule is COc1ccc([C@@H]2C(C(=O)OC(C)C)=C(C)N=c3s/c(=C\c4ccc(C(C)C)cc4)c(=O)n32)cc1. The van der Waals surface area contributed by atoms with E-state index in [1.165, 1.54) is 16.9 Å². The van der Waals surface area contributed by atoms with Gasteiger partial charge in [0.15, 0.2) is 4.80 Å². The molecule has 0 saturated heterocycles. The molecule has 0 N–H and O–H groups in total. The molecule has 1 aliphatic heterocycles. The molecule has 6 nitrogen and oxygen atoms in total. The lowest BCUT2D eigenvalue weighted by molar-refractivity contribution is -0.143. The summed E-state index contributed by atoms with van der Waals surface area (Å²) in [5.41, 5.74) is 3.69. The Morgan fingerprint density at radius 1 is 1.06 bits per heavy atom. The number of thiazole rings is 1. The summed E-state index contributed by atoms with van der Waals surface area (Å²) in [6.45, 7) is 9.69. The van der Waals surface area contributed by atoms with Gasteiger partial charge in [-0.25, -0.2) is 9.79 Å². The monoisotopic (exact) mass is 490 g/mol. The van der Waals surface area contributed by atoms with Crippen molar-refractivity contribution in [2.75, 3.05) is 7.11 Å². The fourth-order valence-corrected chi connectivity index (χ4v) is 5.14. The van der Waals surface area contributed by atoms with E-state index < -0.39 is 12.0 Å². The zero-order valence-corrected chi connectivity index (χ0v) is 21.7. The largest absolute Gasteiger partial charge is 0.497 e. The van der Waals surface area contributed by atoms with Gasteiger partial charge in [-0.15, -0.1) is 0 Å². The smallest absolute Gasteiger partial charge is 0.338 e. The molecule has 182 valence electrons. The number of hydrogen-bond donors (Lipinski definition) is 0. The molecule has 0 bridgehead atoms. The fourth-order valence-electron chi connectivity index (χ4n) is 4.09. The van der Waals surface area contributed by atoms with Crippen LogP contribution in [0.1, 0.15) is 63.3 Å². The molecule has 0 radical (unpaired) electrons. The Hall–Kier alpha value is -3.45. The first-order valence-electron chi connectivity index (χ1n) is 11.7. The second-order valence-electron chi connectivity index (χ2n) is 9.13. The van der Waals surface area contributed by atoms with Crippen molar-refractivity contribution in [2.24, 2.45) is 4.99 Å². The van der Waals surface area contributed by atoms with E-state index in [2.05, 4.69) is 31.0 Å². The summed E-state index contributed by atoms with van der Waals surface area (Å²) >= 11 is 1.32. The highest BCUT2D eigenvalue weighted by Crippen LogP contribution is 2.31. The summed E-state index contributed by atoms with van der Waals surface area (Å²) in [6.07, 6.45) is 1.59. The van der Waals surface area contributed by atoms with Crippen molar-refractivity contribution < 1.29 is 14.3 Å². The number of ether oxygens (including phenoxy) is 2. The number of rotatable bonds is 6. The molecule has 0 unspecified atom stereocenters. The van der Waals surface area contributed by atoms with Gasteiger partial charge in [0.2, 0.25) is 0 Å². The van der Waals surface area contributed by atoms with Crippen molar-refractivity contribution in [1.29, 1.82) is 0 Å². The average molecular weight is 491 g/mol. The maximum atomic E-state index is 13.7. The van der Waals surface area contributed by atoms with Crippen LogP contribution >= 0.6 is 11.3 Å². The van der Waals surface area contributed by atoms with Gasteiger partial charge in [0.1, 0.15) is 5.75 Å². The van der Waals surface area contributed by atoms with E-state index in [4.69, 9.17) is 9.47 Å². The molecule has 1 aromatic heterocycles. The van der Waals surface area contributed by atoms with Gasteiger partial charge >= 0.3 is 5.97 Å². The van der Waals surface area contributed by atoms with Crippen molar-refractivity contribution in [3.63, 3.8) is 0 Å². The first-order valence-corrected chi connectivity index (χ1v) is 12.5. The summed E-state index contributed by atoms with van der Waals surface area (Å²) in [7, 11) is 1.60. The number of carbonyl (C=O) groups is 1. The third kappa shape index (κ3) is 5.00. The Balaban J connectivity index is 1.88. The fraction of sp³-hybridized carbons (Fsp3) is 0.321. The molecule has 1 aliphatic rings. The normalized spacial score (nSPS) is 15.9. The quantitative estimate of drug-likeness (QED) is 0.483. The Morgan fingerprint density at radius 3 is 2.29 bits per heavy atom. The van der Waals surface area contributed by atoms with E-state index in [1.807, 2.05) is 42.5 Å². The Kier molecular flexibility index (Phi) is 7.08. The number of methoxy groups -OCH3 is 1. The van der Waals surface area contributed by atoms with Gasteiger partial charge in [0, 0.05) is 0 Å². The molecule has 7 heteroatoms. The number of nitrogens with zero attached hydrogens (tertiary/aromatic N) is 2. The number of hydrogen-bond acceptors (Lipinski definition) is 6. The molecule has 2 aromatic carbocycles. The standard InChI is InChI=1S/C28H30N2O4S/c1-16(2)20-9-7-19(8-10-20)15-23-26(31)30-25(21-11-13-22(33-6)14-12-21)24(27(32)34-17(3)4)18(5)29-28(30)35-23/h7-17,25H,1-6H3/b23-15-/t25-/m1/s1. The van der Waals surface area contributed by atoms with Crippen molar-refractivity contribution in [3.05, 3.63) is 96.2 Å². The zero-order valence-electron chi connectivity index (χ0n) is 20.9. The molecule has 3 aromatic rings. The topological polar surface area (TPSA) is 69.9 Å². The van der Waals surface area contributed by atoms with Gasteiger partial charge in [-0.3, -0.25) is 9.36 Å². The lowest BCUT2D eigenvalue weighted by Gasteiger charge is -2.25. The number of benzene rings is 2. The molecular formula is C28H30N2O4S. The van der Waals surface area contributed by atoms with Crippen LogP contribution in [-0.2, 0) is 9.53 Å². The summed E-state index contributed by atoms with van der Waals surface area (Å²) in [6, 6.07) is 14.9. The van der Waals surface area contributed by atoms with Crippen molar-refractivity contribution in [2.45, 2.75) is 52.7 Å². The molecule has 4 rings (SSSR count). The van der Waals surface area contributed by atoms with E-state index in [-0.39, 0.29) is 11.7 Å². The van der Waals surface area contributed by atoms with E-state index in [1.54, 1.807) is 32.4 Å². The molecule has 0 saturated carbocycles. The molecule has 0 fully saturated rings. The minimum atomic E-state index is -0.645. The Bertz CT molecular complexity index is 1440. The Morgan fingerprint density at radius 2 is 1.71 bits per heavy atom. The predicted molar refractivity (Wildman–Crippen MR) is 139 cm³/mol. The molecule has 0 amide bonds. The molecule has 35 heavy (non-hydrogen) atoms. The number of esters is 1. The first-order chi connectivity index (χ1) is 16.7. The van der Waals surface area contributed by atoms with E-state index >= 15 is 0 Å². The predicted octanol–water partition coefficient (Wildman–Crippen LogP) is 4.32. The highest BCUT2D eigenvalue weighted by Gasteiger charge is 2.33. The number of carbonyl (C=O) groups excluding carboxylic acids is 1. The van der Waals surface area contributed by atoms with E-state index in [9.17, 15) is 9.59 Å². The van der Waals surface area contributed by atoms with Crippen molar-refractivity contribution in [3.8, 4) is 5.75 Å². The van der Waals surface area contributed by atoms with Crippen LogP contribution in [0.25, 0.3) is 6.08 Å². The van der Waals surface area contributed by atoms with Crippen LogP contribution in [0.3, 0.4) is 0 Å². The third-order valence-corrected chi connectivity index (χ3v) is 6.90. The molecular weight excluding hydrogens is 460 g/mol. The zero-order chi connectivity index (χ0) is 25.3. The number of aromatic nitrogens is 1. The number of fused-ring (bicyclic) bond motifs is 1. The average Bonchev–Trinajstić information content (AvgIpc) is 3.12. The third-order valence-electron chi connectivity index (χ3n) is 5.92. The minimum absolute atomic E-state index is 0.190. The van der Waals surface area contributed by atoms with Gasteiger partial charge in [-0.05, 0) is 61.6 Å². The van der Waals surface area contributed by atoms with Crippen molar-refractivity contribution in [1.82, 2.24) is 4.57 Å². The summed E-state index contributed by atoms with van der Waals surface area (Å²) < 4.78 is 13.0. The van der Waals surface area contributed by atoms with Crippen LogP contribution in [0.5, 0.6) is 5.75 Å². The van der Waals surface area contributed by atoms with Gasteiger partial charge in [-0.2, -0.15) is 0 Å². The molecule has 1 atom stereocenters. The van der Waals surface area contributed by atoms with Crippen molar-refractivity contribution >= 4 is 23.4 Å². The van der Waals surface area contributed by atoms with Gasteiger partial charge < -0.3 is 9.47 Å². The summed E-state index contributed by atoms with van der Waals surface area (Å²) in [5.74, 6) is 0.657. The molecule has 2 heterocycles. The highest BCUT2D eigenvalue weighted by atomic mass is 32.1. The summed E-state index contributed by atoms with van der Waals surface area (Å²) in [5, 5.41) is 0. The maximum absolute atomic E-state index is 13.7. The molecule has 0 spiro atoms. The highest BCUT2D eigenvalue weighted by molar-refractivity contribution is 7.07. The van der Waals surface area contributed by atoms with Crippen LogP contribution in [0.4, 0.5) is 0 Å². The van der Waals surface area contributed by atoms with E-state index in [0.29, 0.717) is 32.3 Å². The molecule has 0 aliphatic carbocycles. The summed E-state index contributed by atoms with van der Waals surface area (Å²) in [4.78, 5) is 32.0. The second-order valence-corrected chi connectivity index (χ2v) is 10.1. The Labute approximate surface area is 208 Å². The lowest BCUT2D eigenvalue weighted by atomic mass is 9.96. The maximum Gasteiger partial charge on any atom is 0.338 e. The minimum Gasteiger partial charge on any atom is -0.497 e. The van der Waals surface area contributed by atoms with Crippen LogP contribution < -0.4 is 19.6 Å². The lowest BCUT2D eigenvalue weighted by Crippen LogP contribution is -2.40. The van der Waals surface area contributed by atoms with Crippen LogP contribution in [0.2, 0.25) is 0 Å². The van der Waals surface area contributed by atoms with E-state index in [0.717, 1.165) is 11.1 Å². The number of allylic oxidation sites excluding steroid dienone is 1. The van der Waals surface area contributed by atoms with Crippen LogP contribution in [0, 0.1) is 0 Å². The van der Waals surface area contributed by atoms with Gasteiger partial charge in [0.05, 0.1) is 35.1 Å². The van der Waals surface area contributed by atoms with Gasteiger partial charge in [0.25, 0.3) is 5.56 Å². The second kappa shape index (κ2) is 10.0. The van der Waals surface area contributed by atoms with Crippen LogP contribution in [-0.4, -0.2) is 23.8 Å². The first kappa shape index (κ1) is 24.7. The van der Waals surface area contributed by atoms with Crippen LogP contribution in [0.15, 0.2) is 69.6 Å².